The van der Waals surface area contributed by atoms with Gasteiger partial charge < -0.3 is 0 Å². The van der Waals surface area contributed by atoms with Gasteiger partial charge in [0.05, 0.1) is 5.69 Å². The molecule has 3 aromatic rings. The predicted octanol–water partition coefficient (Wildman–Crippen LogP) is 5.98. The first-order chi connectivity index (χ1) is 12.1. The van der Waals surface area contributed by atoms with Crippen molar-refractivity contribution in [1.29, 1.82) is 0 Å². The summed E-state index contributed by atoms with van der Waals surface area (Å²) in [5.74, 6) is -0.199. The number of hydrogen-bond acceptors (Lipinski definition) is 3. The molecule has 0 aliphatic heterocycles. The summed E-state index contributed by atoms with van der Waals surface area (Å²) in [4.78, 5) is 18.3. The fourth-order valence-corrected chi connectivity index (χ4v) is 3.81. The zero-order valence-electron chi connectivity index (χ0n) is 14.2. The molecule has 1 amide bonds. The molecule has 128 valence electrons. The molecule has 0 saturated heterocycles. The number of halogens is 1. The Kier molecular flexibility index (Phi) is 5.51. The maximum absolute atomic E-state index is 12.4. The van der Waals surface area contributed by atoms with Gasteiger partial charge in [0.1, 0.15) is 0 Å². The van der Waals surface area contributed by atoms with E-state index in [1.807, 2.05) is 0 Å². The zero-order chi connectivity index (χ0) is 17.8. The van der Waals surface area contributed by atoms with Crippen LogP contribution in [0.5, 0.6) is 0 Å². The minimum absolute atomic E-state index is 0.199. The van der Waals surface area contributed by atoms with E-state index < -0.39 is 0 Å². The van der Waals surface area contributed by atoms with E-state index in [1.54, 1.807) is 24.3 Å². The fourth-order valence-electron chi connectivity index (χ4n) is 2.54. The number of rotatable bonds is 5. The van der Waals surface area contributed by atoms with Crippen molar-refractivity contribution < 1.29 is 4.79 Å². The number of nitrogens with zero attached hydrogens (tertiary/aromatic N) is 1. The normalized spacial score (nSPS) is 10.7. The van der Waals surface area contributed by atoms with Crippen LogP contribution in [0, 0.1) is 6.92 Å². The lowest BCUT2D eigenvalue weighted by Gasteiger charge is -2.02. The molecule has 0 aliphatic rings. The summed E-state index contributed by atoms with van der Waals surface area (Å²) in [7, 11) is 0. The fraction of sp³-hybridized carbons (Fsp3) is 0.200. The third-order valence-electron chi connectivity index (χ3n) is 3.81. The molecular formula is C20H19ClN2OS. The van der Waals surface area contributed by atoms with Gasteiger partial charge in [0.2, 0.25) is 0 Å². The van der Waals surface area contributed by atoms with Crippen LogP contribution in [-0.2, 0) is 6.42 Å². The van der Waals surface area contributed by atoms with Gasteiger partial charge in [0.25, 0.3) is 5.91 Å². The minimum atomic E-state index is -0.199. The molecular weight excluding hydrogens is 352 g/mol. The van der Waals surface area contributed by atoms with E-state index >= 15 is 0 Å². The molecule has 1 aromatic heterocycles. The molecule has 1 heterocycles. The van der Waals surface area contributed by atoms with Gasteiger partial charge in [0, 0.05) is 21.0 Å². The Balaban J connectivity index is 1.88. The quantitative estimate of drug-likeness (QED) is 0.600. The average molecular weight is 371 g/mol. The number of aromatic nitrogens is 1. The maximum atomic E-state index is 12.4. The van der Waals surface area contributed by atoms with Gasteiger partial charge >= 0.3 is 0 Å². The van der Waals surface area contributed by atoms with E-state index in [0.29, 0.717) is 15.7 Å². The standard InChI is InChI=1S/C20H19ClN2OS/c1-3-5-17-18(14-10-8-13(2)9-11-14)22-20(25-17)23-19(24)15-6-4-7-16(21)12-15/h4,6-12H,3,5H2,1-2H3,(H,22,23,24). The predicted molar refractivity (Wildman–Crippen MR) is 106 cm³/mol. The third-order valence-corrected chi connectivity index (χ3v) is 5.07. The lowest BCUT2D eigenvalue weighted by Crippen LogP contribution is -2.11. The Labute approximate surface area is 156 Å². The van der Waals surface area contributed by atoms with Crippen LogP contribution in [0.25, 0.3) is 11.3 Å². The number of thiazole rings is 1. The van der Waals surface area contributed by atoms with Gasteiger partial charge in [-0.15, -0.1) is 11.3 Å². The first kappa shape index (κ1) is 17.6. The summed E-state index contributed by atoms with van der Waals surface area (Å²) in [6.07, 6.45) is 1.97. The molecule has 2 aromatic carbocycles. The van der Waals surface area contributed by atoms with Crippen LogP contribution >= 0.6 is 22.9 Å². The van der Waals surface area contributed by atoms with Crippen LogP contribution in [0.3, 0.4) is 0 Å². The van der Waals surface area contributed by atoms with Crippen molar-refractivity contribution in [2.24, 2.45) is 0 Å². The summed E-state index contributed by atoms with van der Waals surface area (Å²) in [5, 5.41) is 4.05. The van der Waals surface area contributed by atoms with E-state index in [1.165, 1.54) is 21.8 Å². The van der Waals surface area contributed by atoms with E-state index in [-0.39, 0.29) is 5.91 Å². The first-order valence-electron chi connectivity index (χ1n) is 8.20. The van der Waals surface area contributed by atoms with E-state index in [0.717, 1.165) is 24.1 Å². The summed E-state index contributed by atoms with van der Waals surface area (Å²) < 4.78 is 0. The molecule has 0 radical (unpaired) electrons. The minimum Gasteiger partial charge on any atom is -0.298 e. The monoisotopic (exact) mass is 370 g/mol. The molecule has 5 heteroatoms. The lowest BCUT2D eigenvalue weighted by molar-refractivity contribution is 0.102. The van der Waals surface area contributed by atoms with Crippen molar-refractivity contribution in [3.8, 4) is 11.3 Å². The van der Waals surface area contributed by atoms with Crippen molar-refractivity contribution in [3.05, 3.63) is 69.6 Å². The second-order valence-corrected chi connectivity index (χ2v) is 7.39. The highest BCUT2D eigenvalue weighted by molar-refractivity contribution is 7.16. The third kappa shape index (κ3) is 4.27. The number of benzene rings is 2. The van der Waals surface area contributed by atoms with Crippen molar-refractivity contribution in [2.45, 2.75) is 26.7 Å². The van der Waals surface area contributed by atoms with Crippen LogP contribution in [0.2, 0.25) is 5.02 Å². The van der Waals surface area contributed by atoms with Crippen LogP contribution in [0.15, 0.2) is 48.5 Å². The number of carbonyl (C=O) groups is 1. The number of aryl methyl sites for hydroxylation is 2. The molecule has 3 nitrogen and oxygen atoms in total. The highest BCUT2D eigenvalue weighted by Gasteiger charge is 2.15. The molecule has 0 bridgehead atoms. The summed E-state index contributed by atoms with van der Waals surface area (Å²) in [6, 6.07) is 15.2. The molecule has 0 fully saturated rings. The van der Waals surface area contributed by atoms with Gasteiger partial charge in [-0.3, -0.25) is 10.1 Å². The zero-order valence-corrected chi connectivity index (χ0v) is 15.7. The Hall–Kier alpha value is -2.17. The van der Waals surface area contributed by atoms with Crippen LogP contribution in [0.1, 0.15) is 34.1 Å². The van der Waals surface area contributed by atoms with Crippen LogP contribution in [0.4, 0.5) is 5.13 Å². The van der Waals surface area contributed by atoms with E-state index in [4.69, 9.17) is 11.6 Å². The second-order valence-electron chi connectivity index (χ2n) is 5.87. The molecule has 0 saturated carbocycles. The topological polar surface area (TPSA) is 42.0 Å². The van der Waals surface area contributed by atoms with Crippen molar-refractivity contribution >= 4 is 34.0 Å². The largest absolute Gasteiger partial charge is 0.298 e. The summed E-state index contributed by atoms with van der Waals surface area (Å²) in [6.45, 7) is 4.21. The highest BCUT2D eigenvalue weighted by Crippen LogP contribution is 2.32. The number of anilines is 1. The van der Waals surface area contributed by atoms with Crippen molar-refractivity contribution in [3.63, 3.8) is 0 Å². The van der Waals surface area contributed by atoms with E-state index in [2.05, 4.69) is 48.4 Å². The number of hydrogen-bond donors (Lipinski definition) is 1. The molecule has 0 spiro atoms. The number of nitrogens with one attached hydrogen (secondary N) is 1. The first-order valence-corrected chi connectivity index (χ1v) is 9.40. The SMILES string of the molecule is CCCc1sc(NC(=O)c2cccc(Cl)c2)nc1-c1ccc(C)cc1. The summed E-state index contributed by atoms with van der Waals surface area (Å²) in [5.41, 5.74) is 3.77. The molecule has 1 N–H and O–H groups in total. The molecule has 3 rings (SSSR count). The Bertz CT molecular complexity index is 887. The van der Waals surface area contributed by atoms with Gasteiger partial charge in [0.15, 0.2) is 5.13 Å². The molecule has 0 atom stereocenters. The average Bonchev–Trinajstić information content (AvgIpc) is 2.98. The van der Waals surface area contributed by atoms with Crippen molar-refractivity contribution in [1.82, 2.24) is 4.98 Å². The van der Waals surface area contributed by atoms with Crippen molar-refractivity contribution in [2.75, 3.05) is 5.32 Å². The number of carbonyl (C=O) groups excluding carboxylic acids is 1. The smallest absolute Gasteiger partial charge is 0.257 e. The number of amides is 1. The maximum Gasteiger partial charge on any atom is 0.257 e. The molecule has 0 aliphatic carbocycles. The van der Waals surface area contributed by atoms with Gasteiger partial charge in [-0.05, 0) is 31.5 Å². The summed E-state index contributed by atoms with van der Waals surface area (Å²) >= 11 is 7.50. The molecule has 25 heavy (non-hydrogen) atoms. The second kappa shape index (κ2) is 7.81. The Morgan fingerprint density at radius 1 is 1.20 bits per heavy atom. The Morgan fingerprint density at radius 3 is 2.64 bits per heavy atom. The lowest BCUT2D eigenvalue weighted by atomic mass is 10.1. The van der Waals surface area contributed by atoms with Gasteiger partial charge in [-0.25, -0.2) is 4.98 Å². The van der Waals surface area contributed by atoms with Crippen LogP contribution in [-0.4, -0.2) is 10.9 Å². The molecule has 0 unspecified atom stereocenters. The van der Waals surface area contributed by atoms with Gasteiger partial charge in [-0.1, -0.05) is 60.8 Å². The van der Waals surface area contributed by atoms with Gasteiger partial charge in [-0.2, -0.15) is 0 Å². The van der Waals surface area contributed by atoms with Crippen LogP contribution < -0.4 is 5.32 Å². The van der Waals surface area contributed by atoms with E-state index in [9.17, 15) is 4.79 Å². The highest BCUT2D eigenvalue weighted by atomic mass is 35.5. The Morgan fingerprint density at radius 2 is 1.96 bits per heavy atom.